The van der Waals surface area contributed by atoms with Crippen LogP contribution in [0.5, 0.6) is 0 Å². The van der Waals surface area contributed by atoms with E-state index >= 15 is 0 Å². The molecule has 2 rings (SSSR count). The first kappa shape index (κ1) is 18.6. The summed E-state index contributed by atoms with van der Waals surface area (Å²) in [6.07, 6.45) is 0.785. The summed E-state index contributed by atoms with van der Waals surface area (Å²) in [5.41, 5.74) is 0. The smallest absolute Gasteiger partial charge is 0.104 e. The Morgan fingerprint density at radius 3 is 1.35 bits per heavy atom. The standard InChI is InChI=1S/C6H10O3.C2H6O2.2C2H4/c1(5-3-8-5)7-2-6-4-9-6;3-1-2-4;2*1-2/h5-6H,1-4H2;3-4H,1-2H2;2*1-2H2. The van der Waals surface area contributed by atoms with Crippen molar-refractivity contribution in [1.82, 2.24) is 0 Å². The summed E-state index contributed by atoms with van der Waals surface area (Å²) >= 11 is 0. The Hall–Kier alpha value is -0.720. The lowest BCUT2D eigenvalue weighted by Crippen LogP contribution is -2.06. The molecule has 0 bridgehead atoms. The maximum atomic E-state index is 7.62. The fraction of sp³-hybridized carbons (Fsp3) is 0.667. The molecule has 0 aromatic rings. The van der Waals surface area contributed by atoms with Crippen molar-refractivity contribution < 1.29 is 24.4 Å². The van der Waals surface area contributed by atoms with E-state index in [1.54, 1.807) is 0 Å². The summed E-state index contributed by atoms with van der Waals surface area (Å²) < 4.78 is 15.1. The second-order valence-corrected chi connectivity index (χ2v) is 2.90. The van der Waals surface area contributed by atoms with E-state index in [1.807, 2.05) is 0 Å². The van der Waals surface area contributed by atoms with Crippen LogP contribution in [0.3, 0.4) is 0 Å². The lowest BCUT2D eigenvalue weighted by Gasteiger charge is -1.95. The van der Waals surface area contributed by atoms with E-state index in [4.69, 9.17) is 24.4 Å². The van der Waals surface area contributed by atoms with Crippen molar-refractivity contribution in [1.29, 1.82) is 0 Å². The normalized spacial score (nSPS) is 22.7. The third-order valence-electron chi connectivity index (χ3n) is 1.51. The average Bonchev–Trinajstić information content (AvgIpc) is 3.29. The van der Waals surface area contributed by atoms with Crippen LogP contribution in [0.1, 0.15) is 0 Å². The van der Waals surface area contributed by atoms with E-state index < -0.39 is 0 Å². The average molecular weight is 248 g/mol. The molecular weight excluding hydrogens is 224 g/mol. The Labute approximate surface area is 103 Å². The van der Waals surface area contributed by atoms with Crippen molar-refractivity contribution in [3.8, 4) is 0 Å². The van der Waals surface area contributed by atoms with E-state index in [0.717, 1.165) is 26.4 Å². The molecule has 0 radical (unpaired) electrons. The largest absolute Gasteiger partial charge is 0.394 e. The van der Waals surface area contributed by atoms with Gasteiger partial charge in [-0.25, -0.2) is 0 Å². The molecule has 0 aromatic carbocycles. The van der Waals surface area contributed by atoms with Crippen molar-refractivity contribution >= 4 is 0 Å². The number of epoxide rings is 2. The summed E-state index contributed by atoms with van der Waals surface area (Å²) in [6, 6.07) is 0. The predicted octanol–water partition coefficient (Wildman–Crippen LogP) is 0.376. The second kappa shape index (κ2) is 15.3. The van der Waals surface area contributed by atoms with Crippen LogP contribution in [0.15, 0.2) is 26.3 Å². The van der Waals surface area contributed by atoms with Gasteiger partial charge in [0.25, 0.3) is 0 Å². The highest BCUT2D eigenvalue weighted by molar-refractivity contribution is 4.71. The van der Waals surface area contributed by atoms with Crippen LogP contribution in [0.2, 0.25) is 0 Å². The lowest BCUT2D eigenvalue weighted by molar-refractivity contribution is 0.102. The van der Waals surface area contributed by atoms with E-state index in [1.165, 1.54) is 0 Å². The minimum atomic E-state index is -0.125. The van der Waals surface area contributed by atoms with Crippen LogP contribution < -0.4 is 0 Å². The van der Waals surface area contributed by atoms with Crippen LogP contribution in [0, 0.1) is 0 Å². The van der Waals surface area contributed by atoms with E-state index in [-0.39, 0.29) is 13.2 Å². The highest BCUT2D eigenvalue weighted by Crippen LogP contribution is 2.12. The third-order valence-corrected chi connectivity index (χ3v) is 1.51. The molecule has 2 unspecified atom stereocenters. The molecule has 0 aromatic heterocycles. The molecule has 2 heterocycles. The molecule has 2 N–H and O–H groups in total. The number of rotatable bonds is 5. The van der Waals surface area contributed by atoms with Gasteiger partial charge in [-0.15, -0.1) is 26.3 Å². The number of hydrogen-bond donors (Lipinski definition) is 2. The molecule has 17 heavy (non-hydrogen) atoms. The Balaban J connectivity index is 0. The Kier molecular flexibility index (Phi) is 16.8. The van der Waals surface area contributed by atoms with Crippen molar-refractivity contribution in [2.24, 2.45) is 0 Å². The van der Waals surface area contributed by atoms with Crippen LogP contribution in [-0.4, -0.2) is 62.1 Å². The quantitative estimate of drug-likeness (QED) is 0.543. The zero-order valence-electron chi connectivity index (χ0n) is 10.3. The monoisotopic (exact) mass is 248 g/mol. The molecule has 0 spiro atoms. The summed E-state index contributed by atoms with van der Waals surface area (Å²) in [7, 11) is 0. The Morgan fingerprint density at radius 1 is 0.882 bits per heavy atom. The molecule has 102 valence electrons. The zero-order valence-corrected chi connectivity index (χ0v) is 10.3. The van der Waals surface area contributed by atoms with Gasteiger partial charge in [-0.1, -0.05) is 0 Å². The van der Waals surface area contributed by atoms with Crippen molar-refractivity contribution in [3.63, 3.8) is 0 Å². The number of aliphatic hydroxyl groups is 2. The molecular formula is C12H24O5. The fourth-order valence-electron chi connectivity index (χ4n) is 0.659. The first-order valence-electron chi connectivity index (χ1n) is 5.39. The lowest BCUT2D eigenvalue weighted by atomic mass is 10.5. The van der Waals surface area contributed by atoms with Gasteiger partial charge >= 0.3 is 0 Å². The molecule has 5 heteroatoms. The summed E-state index contributed by atoms with van der Waals surface area (Å²) in [6.45, 7) is 15.0. The van der Waals surface area contributed by atoms with E-state index in [2.05, 4.69) is 26.3 Å². The van der Waals surface area contributed by atoms with E-state index in [0.29, 0.717) is 12.2 Å². The zero-order chi connectivity index (χ0) is 13.5. The number of hydrogen-bond acceptors (Lipinski definition) is 5. The van der Waals surface area contributed by atoms with Crippen LogP contribution in [-0.2, 0) is 14.2 Å². The Bertz CT molecular complexity index is 130. The topological polar surface area (TPSA) is 74.8 Å². The minimum Gasteiger partial charge on any atom is -0.394 e. The molecule has 5 nitrogen and oxygen atoms in total. The first-order chi connectivity index (χ1) is 8.36. The van der Waals surface area contributed by atoms with Crippen LogP contribution in [0.4, 0.5) is 0 Å². The van der Waals surface area contributed by atoms with Gasteiger partial charge in [0.05, 0.1) is 39.6 Å². The molecule has 2 saturated heterocycles. The highest BCUT2D eigenvalue weighted by atomic mass is 16.6. The number of aliphatic hydroxyl groups excluding tert-OH is 2. The van der Waals surface area contributed by atoms with Crippen molar-refractivity contribution in [2.45, 2.75) is 12.2 Å². The molecule has 0 aliphatic carbocycles. The van der Waals surface area contributed by atoms with E-state index in [9.17, 15) is 0 Å². The van der Waals surface area contributed by atoms with Gasteiger partial charge in [0.1, 0.15) is 12.2 Å². The van der Waals surface area contributed by atoms with Gasteiger partial charge in [0.2, 0.25) is 0 Å². The first-order valence-corrected chi connectivity index (χ1v) is 5.39. The molecule has 2 fully saturated rings. The van der Waals surface area contributed by atoms with Gasteiger partial charge < -0.3 is 24.4 Å². The SMILES string of the molecule is C(OCC1CO1)C1CO1.C=C.C=C.OCCO. The second-order valence-electron chi connectivity index (χ2n) is 2.90. The van der Waals surface area contributed by atoms with Gasteiger partial charge in [0, 0.05) is 0 Å². The highest BCUT2D eigenvalue weighted by Gasteiger charge is 2.26. The summed E-state index contributed by atoms with van der Waals surface area (Å²) in [4.78, 5) is 0. The minimum absolute atomic E-state index is 0.125. The van der Waals surface area contributed by atoms with Crippen molar-refractivity contribution in [3.05, 3.63) is 26.3 Å². The van der Waals surface area contributed by atoms with Gasteiger partial charge in [-0.05, 0) is 0 Å². The molecule has 2 atom stereocenters. The van der Waals surface area contributed by atoms with Crippen LogP contribution >= 0.6 is 0 Å². The molecule has 2 aliphatic heterocycles. The molecule has 2 aliphatic rings. The van der Waals surface area contributed by atoms with Crippen molar-refractivity contribution in [2.75, 3.05) is 39.6 Å². The Morgan fingerprint density at radius 2 is 1.18 bits per heavy atom. The summed E-state index contributed by atoms with van der Waals surface area (Å²) in [5, 5.41) is 15.2. The number of ether oxygens (including phenoxy) is 3. The third kappa shape index (κ3) is 17.9. The van der Waals surface area contributed by atoms with Gasteiger partial charge in [-0.3, -0.25) is 0 Å². The van der Waals surface area contributed by atoms with Gasteiger partial charge in [-0.2, -0.15) is 0 Å². The van der Waals surface area contributed by atoms with Crippen LogP contribution in [0.25, 0.3) is 0 Å². The maximum Gasteiger partial charge on any atom is 0.104 e. The summed E-state index contributed by atoms with van der Waals surface area (Å²) in [5.74, 6) is 0. The van der Waals surface area contributed by atoms with Gasteiger partial charge in [0.15, 0.2) is 0 Å². The maximum absolute atomic E-state index is 7.62. The molecule has 0 saturated carbocycles. The predicted molar refractivity (Wildman–Crippen MR) is 67.0 cm³/mol. The fourth-order valence-corrected chi connectivity index (χ4v) is 0.659. The molecule has 0 amide bonds.